The number of esters is 2. The van der Waals surface area contributed by atoms with Crippen molar-refractivity contribution in [1.29, 1.82) is 0 Å². The van der Waals surface area contributed by atoms with Crippen LogP contribution in [-0.4, -0.2) is 36.9 Å². The predicted molar refractivity (Wildman–Crippen MR) is 102 cm³/mol. The van der Waals surface area contributed by atoms with Gasteiger partial charge < -0.3 is 14.6 Å². The molecule has 0 radical (unpaired) electrons. The van der Waals surface area contributed by atoms with Gasteiger partial charge in [0.2, 0.25) is 0 Å². The second kappa shape index (κ2) is 14.0. The van der Waals surface area contributed by atoms with Gasteiger partial charge in [-0.2, -0.15) is 0 Å². The maximum absolute atomic E-state index is 11.9. The second-order valence-electron chi connectivity index (χ2n) is 7.77. The van der Waals surface area contributed by atoms with Crippen molar-refractivity contribution in [3.05, 3.63) is 0 Å². The van der Waals surface area contributed by atoms with E-state index in [1.165, 1.54) is 57.8 Å². The van der Waals surface area contributed by atoms with E-state index in [1.54, 1.807) is 0 Å². The normalized spacial score (nSPS) is 20.0. The van der Waals surface area contributed by atoms with E-state index in [9.17, 15) is 14.7 Å². The lowest BCUT2D eigenvalue weighted by molar-refractivity contribution is -0.165. The number of cyclic esters (lactones) is 1. The Labute approximate surface area is 158 Å². The summed E-state index contributed by atoms with van der Waals surface area (Å²) >= 11 is 0. The number of aliphatic hydroxyl groups is 1. The Hall–Kier alpha value is -1.10. The highest BCUT2D eigenvalue weighted by molar-refractivity contribution is 5.70. The first-order chi connectivity index (χ1) is 12.6. The molecule has 1 N–H and O–H groups in total. The fraction of sp³-hybridized carbons (Fsp3) is 0.905. The molecule has 0 bridgehead atoms. The lowest BCUT2D eigenvalue weighted by Gasteiger charge is -2.33. The van der Waals surface area contributed by atoms with Crippen molar-refractivity contribution in [2.45, 2.75) is 96.8 Å². The van der Waals surface area contributed by atoms with Gasteiger partial charge in [0.15, 0.2) is 0 Å². The van der Waals surface area contributed by atoms with E-state index in [-0.39, 0.29) is 38.2 Å². The Morgan fingerprint density at radius 3 is 2.12 bits per heavy atom. The molecule has 1 rings (SSSR count). The van der Waals surface area contributed by atoms with E-state index in [0.717, 1.165) is 12.8 Å². The van der Waals surface area contributed by atoms with E-state index in [2.05, 4.69) is 6.92 Å². The third kappa shape index (κ3) is 10.1. The summed E-state index contributed by atoms with van der Waals surface area (Å²) in [5, 5.41) is 9.54. The molecule has 0 saturated carbocycles. The Balaban J connectivity index is 1.96. The van der Waals surface area contributed by atoms with Crippen molar-refractivity contribution in [2.24, 2.45) is 5.41 Å². The van der Waals surface area contributed by atoms with Crippen LogP contribution < -0.4 is 0 Å². The molecule has 1 atom stereocenters. The van der Waals surface area contributed by atoms with Gasteiger partial charge in [-0.25, -0.2) is 0 Å². The third-order valence-corrected chi connectivity index (χ3v) is 5.26. The van der Waals surface area contributed by atoms with Gasteiger partial charge >= 0.3 is 11.9 Å². The summed E-state index contributed by atoms with van der Waals surface area (Å²) in [4.78, 5) is 23.0. The van der Waals surface area contributed by atoms with E-state index < -0.39 is 5.41 Å². The predicted octanol–water partition coefficient (Wildman–Crippen LogP) is 4.55. The van der Waals surface area contributed by atoms with Crippen LogP contribution in [-0.2, 0) is 19.1 Å². The highest BCUT2D eigenvalue weighted by Gasteiger charge is 2.37. The summed E-state index contributed by atoms with van der Waals surface area (Å²) in [6.07, 6.45) is 15.0. The van der Waals surface area contributed by atoms with Crippen LogP contribution in [0.15, 0.2) is 0 Å². The average molecular weight is 371 g/mol. The molecule has 1 aliphatic heterocycles. The maximum Gasteiger partial charge on any atom is 0.305 e. The minimum atomic E-state index is -0.610. The molecule has 26 heavy (non-hydrogen) atoms. The van der Waals surface area contributed by atoms with Crippen molar-refractivity contribution in [3.63, 3.8) is 0 Å². The summed E-state index contributed by atoms with van der Waals surface area (Å²) < 4.78 is 10.3. The Morgan fingerprint density at radius 1 is 1.04 bits per heavy atom. The quantitative estimate of drug-likeness (QED) is 0.338. The zero-order valence-electron chi connectivity index (χ0n) is 16.6. The van der Waals surface area contributed by atoms with Crippen molar-refractivity contribution >= 4 is 11.9 Å². The smallest absolute Gasteiger partial charge is 0.305 e. The number of hydrogen-bond acceptors (Lipinski definition) is 5. The number of ether oxygens (including phenoxy) is 2. The number of carbonyl (C=O) groups is 2. The SMILES string of the molecule is CCCCCCCCCCCCCC(=O)OCC1(CO)CCC(=O)OC1. The molecule has 152 valence electrons. The van der Waals surface area contributed by atoms with Gasteiger partial charge in [0.05, 0.1) is 12.0 Å². The fourth-order valence-corrected chi connectivity index (χ4v) is 3.27. The lowest BCUT2D eigenvalue weighted by Crippen LogP contribution is -2.41. The van der Waals surface area contributed by atoms with Crippen LogP contribution in [0.4, 0.5) is 0 Å². The van der Waals surface area contributed by atoms with E-state index in [4.69, 9.17) is 9.47 Å². The van der Waals surface area contributed by atoms with Gasteiger partial charge in [-0.3, -0.25) is 9.59 Å². The summed E-state index contributed by atoms with van der Waals surface area (Å²) in [6, 6.07) is 0. The van der Waals surface area contributed by atoms with Gasteiger partial charge in [0.25, 0.3) is 0 Å². The maximum atomic E-state index is 11.9. The number of rotatable bonds is 15. The molecule has 1 heterocycles. The highest BCUT2D eigenvalue weighted by Crippen LogP contribution is 2.29. The first kappa shape index (κ1) is 22.9. The molecule has 1 fully saturated rings. The van der Waals surface area contributed by atoms with E-state index in [1.807, 2.05) is 0 Å². The van der Waals surface area contributed by atoms with Gasteiger partial charge in [0, 0.05) is 12.8 Å². The minimum absolute atomic E-state index is 0.133. The second-order valence-corrected chi connectivity index (χ2v) is 7.77. The van der Waals surface area contributed by atoms with Crippen LogP contribution in [0, 0.1) is 5.41 Å². The van der Waals surface area contributed by atoms with Crippen molar-refractivity contribution in [1.82, 2.24) is 0 Å². The summed E-state index contributed by atoms with van der Waals surface area (Å²) in [5.41, 5.74) is -0.610. The Morgan fingerprint density at radius 2 is 1.62 bits per heavy atom. The molecule has 1 saturated heterocycles. The van der Waals surface area contributed by atoms with Crippen LogP contribution in [0.5, 0.6) is 0 Å². The van der Waals surface area contributed by atoms with E-state index >= 15 is 0 Å². The molecule has 0 aromatic carbocycles. The van der Waals surface area contributed by atoms with Crippen LogP contribution in [0.1, 0.15) is 96.8 Å². The highest BCUT2D eigenvalue weighted by atomic mass is 16.5. The topological polar surface area (TPSA) is 72.8 Å². The molecule has 1 unspecified atom stereocenters. The summed E-state index contributed by atoms with van der Waals surface area (Å²) in [6.45, 7) is 2.38. The molecule has 0 aromatic heterocycles. The van der Waals surface area contributed by atoms with Gasteiger partial charge in [-0.1, -0.05) is 71.1 Å². The molecule has 5 heteroatoms. The third-order valence-electron chi connectivity index (χ3n) is 5.26. The molecule has 0 spiro atoms. The largest absolute Gasteiger partial charge is 0.465 e. The lowest BCUT2D eigenvalue weighted by atomic mass is 9.84. The summed E-state index contributed by atoms with van der Waals surface area (Å²) in [7, 11) is 0. The van der Waals surface area contributed by atoms with Crippen LogP contribution in [0.25, 0.3) is 0 Å². The fourth-order valence-electron chi connectivity index (χ4n) is 3.27. The zero-order valence-corrected chi connectivity index (χ0v) is 16.6. The number of unbranched alkanes of at least 4 members (excludes halogenated alkanes) is 10. The monoisotopic (exact) mass is 370 g/mol. The summed E-state index contributed by atoms with van der Waals surface area (Å²) in [5.74, 6) is -0.466. The van der Waals surface area contributed by atoms with Gasteiger partial charge in [-0.05, 0) is 12.8 Å². The molecule has 5 nitrogen and oxygen atoms in total. The van der Waals surface area contributed by atoms with Gasteiger partial charge in [-0.15, -0.1) is 0 Å². The van der Waals surface area contributed by atoms with Crippen LogP contribution in [0.2, 0.25) is 0 Å². The van der Waals surface area contributed by atoms with Crippen molar-refractivity contribution in [3.8, 4) is 0 Å². The van der Waals surface area contributed by atoms with Crippen molar-refractivity contribution < 1.29 is 24.2 Å². The van der Waals surface area contributed by atoms with E-state index in [0.29, 0.717) is 12.8 Å². The first-order valence-corrected chi connectivity index (χ1v) is 10.5. The average Bonchev–Trinajstić information content (AvgIpc) is 2.66. The van der Waals surface area contributed by atoms with Crippen molar-refractivity contribution in [2.75, 3.05) is 19.8 Å². The molecular formula is C21H38O5. The number of aliphatic hydroxyl groups excluding tert-OH is 1. The molecule has 0 amide bonds. The number of hydrogen-bond donors (Lipinski definition) is 1. The minimum Gasteiger partial charge on any atom is -0.465 e. The Kier molecular flexibility index (Phi) is 12.4. The Bertz CT molecular complexity index is 384. The standard InChI is InChI=1S/C21H38O5/c1-2-3-4-5-6-7-8-9-10-11-12-13-19(23)25-17-21(16-22)15-14-20(24)26-18-21/h22H,2-18H2,1H3. The van der Waals surface area contributed by atoms with Crippen LogP contribution >= 0.6 is 0 Å². The van der Waals surface area contributed by atoms with Crippen LogP contribution in [0.3, 0.4) is 0 Å². The number of carbonyl (C=O) groups excluding carboxylic acids is 2. The zero-order chi connectivity index (χ0) is 19.1. The van der Waals surface area contributed by atoms with Gasteiger partial charge in [0.1, 0.15) is 13.2 Å². The molecule has 1 aliphatic rings. The first-order valence-electron chi connectivity index (χ1n) is 10.5. The molecule has 0 aliphatic carbocycles. The molecule has 0 aromatic rings. The molecular weight excluding hydrogens is 332 g/mol.